The molecule has 1 aliphatic carbocycles. The van der Waals surface area contributed by atoms with E-state index < -0.39 is 0 Å². The number of hydrogen-bond acceptors (Lipinski definition) is 2. The number of aliphatic hydroxyl groups excluding tert-OH is 1. The van der Waals surface area contributed by atoms with E-state index in [4.69, 9.17) is 0 Å². The third kappa shape index (κ3) is 2.00. The summed E-state index contributed by atoms with van der Waals surface area (Å²) in [5.74, 6) is 0.435. The number of carbonyl (C=O) groups is 1. The Kier molecular flexibility index (Phi) is 2.91. The molecule has 1 saturated carbocycles. The van der Waals surface area contributed by atoms with E-state index in [1.54, 1.807) is 4.90 Å². The summed E-state index contributed by atoms with van der Waals surface area (Å²) in [7, 11) is 0. The van der Waals surface area contributed by atoms with Crippen molar-refractivity contribution >= 4 is 6.03 Å². The van der Waals surface area contributed by atoms with Crippen LogP contribution in [0.1, 0.15) is 25.7 Å². The summed E-state index contributed by atoms with van der Waals surface area (Å²) in [5.41, 5.74) is 0. The Labute approximate surface area is 84.3 Å². The van der Waals surface area contributed by atoms with E-state index in [9.17, 15) is 9.90 Å². The Hall–Kier alpha value is -0.770. The number of nitrogens with zero attached hydrogens (tertiary/aromatic N) is 1. The van der Waals surface area contributed by atoms with Crippen LogP contribution in [0.2, 0.25) is 0 Å². The third-order valence-corrected chi connectivity index (χ3v) is 3.27. The van der Waals surface area contributed by atoms with E-state index in [0.717, 1.165) is 32.4 Å². The second kappa shape index (κ2) is 4.17. The zero-order chi connectivity index (χ0) is 9.97. The molecule has 2 fully saturated rings. The molecule has 0 bridgehead atoms. The molecule has 4 nitrogen and oxygen atoms in total. The highest BCUT2D eigenvalue weighted by Crippen LogP contribution is 2.29. The van der Waals surface area contributed by atoms with Crippen LogP contribution in [-0.2, 0) is 0 Å². The highest BCUT2D eigenvalue weighted by Gasteiger charge is 2.29. The number of rotatable bonds is 3. The van der Waals surface area contributed by atoms with Crippen LogP contribution in [-0.4, -0.2) is 41.8 Å². The predicted molar refractivity (Wildman–Crippen MR) is 52.9 cm³/mol. The van der Waals surface area contributed by atoms with E-state index in [0.29, 0.717) is 12.5 Å². The maximum absolute atomic E-state index is 11.4. The highest BCUT2D eigenvalue weighted by atomic mass is 16.3. The number of amides is 2. The lowest BCUT2D eigenvalue weighted by molar-refractivity contribution is 0.0363. The smallest absolute Gasteiger partial charge is 0.317 e. The number of carbonyl (C=O) groups excluding carboxylic acids is 1. The molecule has 0 aromatic rings. The number of aliphatic hydroxyl groups is 1. The van der Waals surface area contributed by atoms with Crippen molar-refractivity contribution < 1.29 is 9.90 Å². The van der Waals surface area contributed by atoms with Crippen LogP contribution in [0.25, 0.3) is 0 Å². The molecule has 0 aromatic carbocycles. The van der Waals surface area contributed by atoms with Gasteiger partial charge in [-0.1, -0.05) is 6.42 Å². The predicted octanol–water partition coefficient (Wildman–Crippen LogP) is 0.563. The monoisotopic (exact) mass is 198 g/mol. The maximum Gasteiger partial charge on any atom is 0.317 e. The fourth-order valence-corrected chi connectivity index (χ4v) is 2.05. The lowest BCUT2D eigenvalue weighted by Crippen LogP contribution is -2.50. The summed E-state index contributed by atoms with van der Waals surface area (Å²) >= 11 is 0. The summed E-state index contributed by atoms with van der Waals surface area (Å²) in [5, 5.41) is 12.6. The van der Waals surface area contributed by atoms with Gasteiger partial charge in [-0.2, -0.15) is 0 Å². The minimum atomic E-state index is -0.312. The SMILES string of the molecule is O=C1NCCCN1CC(O)C1CCC1. The van der Waals surface area contributed by atoms with Crippen molar-refractivity contribution in [1.29, 1.82) is 0 Å². The molecule has 2 amide bonds. The van der Waals surface area contributed by atoms with Crippen LogP contribution < -0.4 is 5.32 Å². The normalized spacial score (nSPS) is 25.5. The van der Waals surface area contributed by atoms with Gasteiger partial charge in [-0.25, -0.2) is 4.79 Å². The van der Waals surface area contributed by atoms with Gasteiger partial charge < -0.3 is 15.3 Å². The van der Waals surface area contributed by atoms with E-state index in [1.165, 1.54) is 6.42 Å². The summed E-state index contributed by atoms with van der Waals surface area (Å²) in [4.78, 5) is 13.1. The Morgan fingerprint density at radius 2 is 2.29 bits per heavy atom. The van der Waals surface area contributed by atoms with Crippen molar-refractivity contribution in [3.8, 4) is 0 Å². The van der Waals surface area contributed by atoms with Gasteiger partial charge in [-0.3, -0.25) is 0 Å². The van der Waals surface area contributed by atoms with Crippen LogP contribution in [0.4, 0.5) is 4.79 Å². The number of hydrogen-bond donors (Lipinski definition) is 2. The van der Waals surface area contributed by atoms with E-state index in [2.05, 4.69) is 5.32 Å². The largest absolute Gasteiger partial charge is 0.391 e. The quantitative estimate of drug-likeness (QED) is 0.696. The molecule has 0 radical (unpaired) electrons. The third-order valence-electron chi connectivity index (χ3n) is 3.27. The molecule has 2 aliphatic rings. The summed E-state index contributed by atoms with van der Waals surface area (Å²) in [6.45, 7) is 2.07. The molecule has 1 heterocycles. The molecule has 4 heteroatoms. The van der Waals surface area contributed by atoms with Crippen molar-refractivity contribution in [2.45, 2.75) is 31.8 Å². The van der Waals surface area contributed by atoms with E-state index in [-0.39, 0.29) is 12.1 Å². The Morgan fingerprint density at radius 3 is 2.86 bits per heavy atom. The first-order chi connectivity index (χ1) is 6.77. The number of urea groups is 1. The van der Waals surface area contributed by atoms with E-state index in [1.807, 2.05) is 0 Å². The second-order valence-corrected chi connectivity index (χ2v) is 4.29. The first-order valence-corrected chi connectivity index (χ1v) is 5.48. The van der Waals surface area contributed by atoms with Gasteiger partial charge in [0.25, 0.3) is 0 Å². The molecule has 14 heavy (non-hydrogen) atoms. The summed E-state index contributed by atoms with van der Waals surface area (Å²) in [6, 6.07) is -0.0189. The Morgan fingerprint density at radius 1 is 1.50 bits per heavy atom. The average molecular weight is 198 g/mol. The molecule has 0 spiro atoms. The van der Waals surface area contributed by atoms with Gasteiger partial charge in [0.2, 0.25) is 0 Å². The second-order valence-electron chi connectivity index (χ2n) is 4.29. The fraction of sp³-hybridized carbons (Fsp3) is 0.900. The van der Waals surface area contributed by atoms with Crippen LogP contribution in [0, 0.1) is 5.92 Å². The fourth-order valence-electron chi connectivity index (χ4n) is 2.05. The van der Waals surface area contributed by atoms with Crippen molar-refractivity contribution in [2.24, 2.45) is 5.92 Å². The van der Waals surface area contributed by atoms with Crippen molar-refractivity contribution in [3.05, 3.63) is 0 Å². The van der Waals surface area contributed by atoms with Gasteiger partial charge in [0.05, 0.1) is 6.10 Å². The van der Waals surface area contributed by atoms with Crippen LogP contribution in [0.15, 0.2) is 0 Å². The van der Waals surface area contributed by atoms with Gasteiger partial charge >= 0.3 is 6.03 Å². The molecule has 2 N–H and O–H groups in total. The van der Waals surface area contributed by atoms with Gasteiger partial charge in [0, 0.05) is 19.6 Å². The van der Waals surface area contributed by atoms with Crippen LogP contribution >= 0.6 is 0 Å². The standard InChI is InChI=1S/C10H18N2O2/c13-9(8-3-1-4-8)7-12-6-2-5-11-10(12)14/h8-9,13H,1-7H2,(H,11,14). The Balaban J connectivity index is 1.79. The number of β-amino-alcohol motifs (C(OH)–C–C–N with tert-alkyl or cyclic N) is 1. The lowest BCUT2D eigenvalue weighted by atomic mass is 9.81. The summed E-state index contributed by atoms with van der Waals surface area (Å²) < 4.78 is 0. The highest BCUT2D eigenvalue weighted by molar-refractivity contribution is 5.74. The minimum Gasteiger partial charge on any atom is -0.391 e. The first-order valence-electron chi connectivity index (χ1n) is 5.48. The molecule has 1 unspecified atom stereocenters. The molecule has 1 atom stereocenters. The Bertz CT molecular complexity index is 216. The molecule has 1 aliphatic heterocycles. The van der Waals surface area contributed by atoms with Gasteiger partial charge in [-0.05, 0) is 25.2 Å². The molecule has 2 rings (SSSR count). The minimum absolute atomic E-state index is 0.0189. The molecule has 1 saturated heterocycles. The van der Waals surface area contributed by atoms with Crippen LogP contribution in [0.3, 0.4) is 0 Å². The van der Waals surface area contributed by atoms with Gasteiger partial charge in [-0.15, -0.1) is 0 Å². The van der Waals surface area contributed by atoms with Gasteiger partial charge in [0.15, 0.2) is 0 Å². The van der Waals surface area contributed by atoms with Crippen molar-refractivity contribution in [2.75, 3.05) is 19.6 Å². The molecular formula is C10H18N2O2. The van der Waals surface area contributed by atoms with Gasteiger partial charge in [0.1, 0.15) is 0 Å². The van der Waals surface area contributed by atoms with Crippen molar-refractivity contribution in [3.63, 3.8) is 0 Å². The maximum atomic E-state index is 11.4. The first kappa shape index (κ1) is 9.77. The molecule has 0 aromatic heterocycles. The lowest BCUT2D eigenvalue weighted by Gasteiger charge is -2.35. The van der Waals surface area contributed by atoms with Crippen LogP contribution in [0.5, 0.6) is 0 Å². The molecular weight excluding hydrogens is 180 g/mol. The topological polar surface area (TPSA) is 52.6 Å². The van der Waals surface area contributed by atoms with E-state index >= 15 is 0 Å². The zero-order valence-electron chi connectivity index (χ0n) is 8.41. The number of nitrogens with one attached hydrogen (secondary N) is 1. The molecule has 80 valence electrons. The summed E-state index contributed by atoms with van der Waals surface area (Å²) in [6.07, 6.45) is 4.15. The average Bonchev–Trinajstić information content (AvgIpc) is 2.05. The zero-order valence-corrected chi connectivity index (χ0v) is 8.41. The van der Waals surface area contributed by atoms with Crippen molar-refractivity contribution in [1.82, 2.24) is 10.2 Å².